The van der Waals surface area contributed by atoms with E-state index in [-0.39, 0.29) is 17.7 Å². The highest BCUT2D eigenvalue weighted by atomic mass is 35.5. The smallest absolute Gasteiger partial charge is 0.416 e. The largest absolute Gasteiger partial charge is 0.447 e. The zero-order valence-electron chi connectivity index (χ0n) is 21.2. The highest BCUT2D eigenvalue weighted by molar-refractivity contribution is 6.30. The minimum absolute atomic E-state index is 0.161. The summed E-state index contributed by atoms with van der Waals surface area (Å²) < 4.78 is 62.4. The minimum Gasteiger partial charge on any atom is -0.447 e. The molecule has 13 heteroatoms. The topological polar surface area (TPSA) is 108 Å². The molecule has 4 aromatic rings. The van der Waals surface area contributed by atoms with Gasteiger partial charge >= 0.3 is 18.0 Å². The van der Waals surface area contributed by atoms with E-state index in [9.17, 15) is 31.9 Å². The van der Waals surface area contributed by atoms with E-state index < -0.39 is 54.4 Å². The molecule has 2 amide bonds. The van der Waals surface area contributed by atoms with Crippen LogP contribution in [0.1, 0.15) is 22.7 Å². The fraction of sp³-hybridized carbons (Fsp3) is 0.179. The predicted molar refractivity (Wildman–Crippen MR) is 143 cm³/mol. The van der Waals surface area contributed by atoms with Crippen molar-refractivity contribution >= 4 is 23.6 Å². The van der Waals surface area contributed by atoms with Crippen molar-refractivity contribution in [1.29, 1.82) is 0 Å². The van der Waals surface area contributed by atoms with Gasteiger partial charge in [0.25, 0.3) is 0 Å². The van der Waals surface area contributed by atoms with Crippen LogP contribution in [0.3, 0.4) is 0 Å². The quantitative estimate of drug-likeness (QED) is 0.264. The Bertz CT molecular complexity index is 1620. The first-order valence-electron chi connectivity index (χ1n) is 12.1. The first kappa shape index (κ1) is 29.4. The van der Waals surface area contributed by atoms with Gasteiger partial charge in [-0.1, -0.05) is 60.1 Å². The number of nitrogens with one attached hydrogen (secondary N) is 1. The van der Waals surface area contributed by atoms with Crippen LogP contribution >= 0.6 is 11.6 Å². The lowest BCUT2D eigenvalue weighted by molar-refractivity contribution is -0.139. The molecule has 1 aromatic heterocycles. The Kier molecular flexibility index (Phi) is 8.82. The van der Waals surface area contributed by atoms with Crippen LogP contribution in [0.5, 0.6) is 0 Å². The maximum absolute atomic E-state index is 14.4. The summed E-state index contributed by atoms with van der Waals surface area (Å²) in [5, 5.41) is 2.84. The molecule has 3 N–H and O–H groups in total. The molecule has 0 spiro atoms. The third-order valence-electron chi connectivity index (χ3n) is 6.15. The van der Waals surface area contributed by atoms with E-state index >= 15 is 0 Å². The summed E-state index contributed by atoms with van der Waals surface area (Å²) in [5.41, 5.74) is 4.04. The molecule has 1 heterocycles. The standard InChI is InChI=1S/C28H23ClF4N4O4/c29-19-11-9-17(10-12-19)24-14-36(27(40)37(24)13-18-5-1-4-8-22(18)30)15-25(38)35-23(16-41-26(34)39)20-6-2-3-7-21(20)28(31,32)33/h1-12,14,23H,13,15-16H2,(H2,34,39)(H,35,38). The zero-order chi connectivity index (χ0) is 29.7. The number of hydrogen-bond acceptors (Lipinski definition) is 4. The maximum Gasteiger partial charge on any atom is 0.416 e. The molecule has 0 saturated heterocycles. The number of aromatic nitrogens is 2. The summed E-state index contributed by atoms with van der Waals surface area (Å²) in [5.74, 6) is -1.39. The molecule has 3 aromatic carbocycles. The summed E-state index contributed by atoms with van der Waals surface area (Å²) >= 11 is 5.99. The Labute approximate surface area is 235 Å². The average Bonchev–Trinajstić information content (AvgIpc) is 3.22. The number of carbonyl (C=O) groups is 2. The highest BCUT2D eigenvalue weighted by Crippen LogP contribution is 2.34. The SMILES string of the molecule is NC(=O)OCC(NC(=O)Cn1cc(-c2ccc(Cl)cc2)n(Cc2ccccc2F)c1=O)c1ccccc1C(F)(F)F. The molecule has 4 rings (SSSR count). The number of imidazole rings is 1. The highest BCUT2D eigenvalue weighted by Gasteiger charge is 2.35. The summed E-state index contributed by atoms with van der Waals surface area (Å²) in [6.45, 7) is -1.45. The minimum atomic E-state index is -4.76. The number of hydrogen-bond donors (Lipinski definition) is 2. The Balaban J connectivity index is 1.67. The third kappa shape index (κ3) is 7.14. The lowest BCUT2D eigenvalue weighted by Crippen LogP contribution is -2.38. The number of nitrogens with zero attached hydrogens (tertiary/aromatic N) is 2. The van der Waals surface area contributed by atoms with E-state index in [0.717, 1.165) is 16.7 Å². The number of amides is 2. The van der Waals surface area contributed by atoms with Crippen LogP contribution in [0.2, 0.25) is 5.02 Å². The van der Waals surface area contributed by atoms with E-state index in [1.54, 1.807) is 30.3 Å². The second-order valence-electron chi connectivity index (χ2n) is 8.94. The average molecular weight is 591 g/mol. The van der Waals surface area contributed by atoms with Gasteiger partial charge in [0.1, 0.15) is 19.0 Å². The molecule has 1 unspecified atom stereocenters. The summed E-state index contributed by atoms with van der Waals surface area (Å²) in [6, 6.07) is 15.4. The Morgan fingerprint density at radius 3 is 2.32 bits per heavy atom. The number of nitrogens with two attached hydrogens (primary N) is 1. The van der Waals surface area contributed by atoms with Gasteiger partial charge < -0.3 is 15.8 Å². The number of carbonyl (C=O) groups excluding carboxylic acids is 2. The fourth-order valence-electron chi connectivity index (χ4n) is 4.27. The van der Waals surface area contributed by atoms with Gasteiger partial charge in [0.15, 0.2) is 0 Å². The van der Waals surface area contributed by atoms with E-state index in [2.05, 4.69) is 5.32 Å². The monoisotopic (exact) mass is 590 g/mol. The van der Waals surface area contributed by atoms with Crippen LogP contribution in [0.25, 0.3) is 11.3 Å². The van der Waals surface area contributed by atoms with Crippen LogP contribution in [-0.2, 0) is 28.8 Å². The molecule has 41 heavy (non-hydrogen) atoms. The number of rotatable bonds is 9. The zero-order valence-corrected chi connectivity index (χ0v) is 22.0. The molecule has 214 valence electrons. The van der Waals surface area contributed by atoms with Crippen molar-refractivity contribution in [3.8, 4) is 11.3 Å². The summed E-state index contributed by atoms with van der Waals surface area (Å²) in [4.78, 5) is 37.6. The molecule has 8 nitrogen and oxygen atoms in total. The number of halogens is 5. The molecule has 0 aliphatic rings. The van der Waals surface area contributed by atoms with Crippen molar-refractivity contribution in [3.63, 3.8) is 0 Å². The van der Waals surface area contributed by atoms with Gasteiger partial charge in [0, 0.05) is 16.8 Å². The predicted octanol–water partition coefficient (Wildman–Crippen LogP) is 5.13. The first-order valence-corrected chi connectivity index (χ1v) is 12.5. The molecule has 0 aliphatic carbocycles. The van der Waals surface area contributed by atoms with Crippen LogP contribution < -0.4 is 16.7 Å². The maximum atomic E-state index is 14.4. The number of benzene rings is 3. The normalized spacial score (nSPS) is 12.1. The van der Waals surface area contributed by atoms with Gasteiger partial charge in [0.2, 0.25) is 5.91 Å². The lowest BCUT2D eigenvalue weighted by atomic mass is 10.00. The van der Waals surface area contributed by atoms with Crippen LogP contribution in [0.15, 0.2) is 83.8 Å². The van der Waals surface area contributed by atoms with Crippen LogP contribution in [0.4, 0.5) is 22.4 Å². The molecular weight excluding hydrogens is 568 g/mol. The van der Waals surface area contributed by atoms with Gasteiger partial charge in [0.05, 0.1) is 23.8 Å². The number of primary amides is 1. The summed E-state index contributed by atoms with van der Waals surface area (Å²) in [6.07, 6.45) is -4.63. The van der Waals surface area contributed by atoms with Gasteiger partial charge in [-0.3, -0.25) is 13.9 Å². The summed E-state index contributed by atoms with van der Waals surface area (Å²) in [7, 11) is 0. The van der Waals surface area contributed by atoms with E-state index in [0.29, 0.717) is 16.3 Å². The Morgan fingerprint density at radius 1 is 1.00 bits per heavy atom. The molecule has 0 bridgehead atoms. The van der Waals surface area contributed by atoms with Crippen molar-refractivity contribution < 1.29 is 31.9 Å². The molecule has 0 aliphatic heterocycles. The van der Waals surface area contributed by atoms with Gasteiger partial charge in [-0.15, -0.1) is 0 Å². The molecule has 0 saturated carbocycles. The van der Waals surface area contributed by atoms with Gasteiger partial charge in [-0.2, -0.15) is 13.2 Å². The van der Waals surface area contributed by atoms with Gasteiger partial charge in [-0.05, 0) is 35.4 Å². The number of ether oxygens (including phenoxy) is 1. The van der Waals surface area contributed by atoms with Crippen molar-refractivity contribution in [2.75, 3.05) is 6.61 Å². The van der Waals surface area contributed by atoms with Crippen molar-refractivity contribution in [1.82, 2.24) is 14.5 Å². The van der Waals surface area contributed by atoms with Crippen molar-refractivity contribution in [3.05, 3.63) is 117 Å². The van der Waals surface area contributed by atoms with E-state index in [4.69, 9.17) is 22.1 Å². The van der Waals surface area contributed by atoms with Crippen molar-refractivity contribution in [2.24, 2.45) is 5.73 Å². The third-order valence-corrected chi connectivity index (χ3v) is 6.41. The van der Waals surface area contributed by atoms with E-state index in [1.807, 2.05) is 0 Å². The first-order chi connectivity index (χ1) is 19.4. The molecular formula is C28H23ClF4N4O4. The van der Waals surface area contributed by atoms with Crippen LogP contribution in [-0.4, -0.2) is 27.7 Å². The van der Waals surface area contributed by atoms with Gasteiger partial charge in [-0.25, -0.2) is 14.0 Å². The number of alkyl halides is 3. The Hall–Kier alpha value is -4.58. The molecule has 1 atom stereocenters. The van der Waals surface area contributed by atoms with Crippen molar-refractivity contribution in [2.45, 2.75) is 25.3 Å². The lowest BCUT2D eigenvalue weighted by Gasteiger charge is -2.22. The Morgan fingerprint density at radius 2 is 1.66 bits per heavy atom. The second-order valence-corrected chi connectivity index (χ2v) is 9.38. The molecule has 0 radical (unpaired) electrons. The van der Waals surface area contributed by atoms with E-state index in [1.165, 1.54) is 41.1 Å². The molecule has 0 fully saturated rings. The van der Waals surface area contributed by atoms with Crippen LogP contribution in [0, 0.1) is 5.82 Å². The fourth-order valence-corrected chi connectivity index (χ4v) is 4.40. The second kappa shape index (κ2) is 12.3.